The molecule has 0 heterocycles. The summed E-state index contributed by atoms with van der Waals surface area (Å²) in [6.45, 7) is 0.905. The lowest BCUT2D eigenvalue weighted by Gasteiger charge is -2.11. The number of rotatable bonds is 2. The molecule has 0 amide bonds. The van der Waals surface area contributed by atoms with E-state index in [4.69, 9.17) is 11.6 Å². The van der Waals surface area contributed by atoms with Gasteiger partial charge in [0.2, 0.25) is 0 Å². The zero-order valence-electron chi connectivity index (χ0n) is 8.34. The summed E-state index contributed by atoms with van der Waals surface area (Å²) in [5, 5.41) is 9.82. The molecule has 0 saturated carbocycles. The fourth-order valence-electron chi connectivity index (χ4n) is 1.28. The molecule has 0 saturated heterocycles. The third kappa shape index (κ3) is 2.73. The number of hydrogen-bond acceptors (Lipinski definition) is 3. The van der Waals surface area contributed by atoms with Gasteiger partial charge in [-0.3, -0.25) is 14.9 Å². The predicted octanol–water partition coefficient (Wildman–Crippen LogP) is 3.47. The fraction of sp³-hybridized carbons (Fsp3) is 0.222. The third-order valence-corrected chi connectivity index (χ3v) is 2.24. The van der Waals surface area contributed by atoms with Crippen LogP contribution in [0.4, 0.5) is 18.9 Å². The Hall–Kier alpha value is -1.63. The minimum absolute atomic E-state index is 0.294. The molecule has 0 aliphatic heterocycles. The van der Waals surface area contributed by atoms with Crippen LogP contribution >= 0.6 is 11.6 Å². The lowest BCUT2D eigenvalue weighted by molar-refractivity contribution is -0.385. The number of halogens is 4. The quantitative estimate of drug-likeness (QED) is 0.468. The van der Waals surface area contributed by atoms with Gasteiger partial charge >= 0.3 is 6.18 Å². The van der Waals surface area contributed by atoms with Crippen LogP contribution in [-0.2, 0) is 6.18 Å². The first-order valence-electron chi connectivity index (χ1n) is 4.20. The molecule has 0 aliphatic carbocycles. The number of hydrogen-bond donors (Lipinski definition) is 0. The number of non-ortho nitro benzene ring substituents is 1. The maximum Gasteiger partial charge on any atom is 0.417 e. The molecule has 1 aromatic rings. The number of alkyl halides is 3. The van der Waals surface area contributed by atoms with E-state index in [9.17, 15) is 28.1 Å². The summed E-state index contributed by atoms with van der Waals surface area (Å²) in [4.78, 5) is 20.5. The molecule has 0 spiro atoms. The highest BCUT2D eigenvalue weighted by Crippen LogP contribution is 2.38. The number of nitrogens with zero attached hydrogens (tertiary/aromatic N) is 1. The maximum absolute atomic E-state index is 12.6. The summed E-state index contributed by atoms with van der Waals surface area (Å²) < 4.78 is 37.8. The molecule has 0 unspecified atom stereocenters. The van der Waals surface area contributed by atoms with E-state index in [0.29, 0.717) is 12.1 Å². The zero-order chi connectivity index (χ0) is 13.4. The van der Waals surface area contributed by atoms with Crippen molar-refractivity contribution in [2.75, 3.05) is 0 Å². The molecule has 0 radical (unpaired) electrons. The van der Waals surface area contributed by atoms with Crippen molar-refractivity contribution in [3.05, 3.63) is 38.4 Å². The minimum Gasteiger partial charge on any atom is -0.294 e. The van der Waals surface area contributed by atoms with E-state index in [0.717, 1.165) is 6.92 Å². The Kier molecular flexibility index (Phi) is 3.42. The normalized spacial score (nSPS) is 11.4. The standard InChI is InChI=1S/C9H5ClF3NO3/c1-4(15)8-6(9(11,12)13)2-5(14(16)17)3-7(8)10/h2-3H,1H3. The Morgan fingerprint density at radius 2 is 1.94 bits per heavy atom. The topological polar surface area (TPSA) is 60.2 Å². The van der Waals surface area contributed by atoms with Gasteiger partial charge in [-0.2, -0.15) is 13.2 Å². The smallest absolute Gasteiger partial charge is 0.294 e. The van der Waals surface area contributed by atoms with Crippen LogP contribution in [0.3, 0.4) is 0 Å². The van der Waals surface area contributed by atoms with Gasteiger partial charge in [0.25, 0.3) is 5.69 Å². The number of Topliss-reactive ketones (excluding diaryl/α,β-unsaturated/α-hetero) is 1. The molecule has 0 fully saturated rings. The van der Waals surface area contributed by atoms with Crippen LogP contribution in [-0.4, -0.2) is 10.7 Å². The monoisotopic (exact) mass is 267 g/mol. The highest BCUT2D eigenvalue weighted by atomic mass is 35.5. The van der Waals surface area contributed by atoms with Gasteiger partial charge in [0, 0.05) is 17.7 Å². The SMILES string of the molecule is CC(=O)c1c(Cl)cc([N+](=O)[O-])cc1C(F)(F)F. The third-order valence-electron chi connectivity index (χ3n) is 1.94. The second-order valence-electron chi connectivity index (χ2n) is 3.16. The van der Waals surface area contributed by atoms with E-state index in [1.807, 2.05) is 0 Å². The van der Waals surface area contributed by atoms with Gasteiger partial charge in [-0.15, -0.1) is 0 Å². The molecule has 0 N–H and O–H groups in total. The van der Waals surface area contributed by atoms with Crippen LogP contribution in [0.25, 0.3) is 0 Å². The number of nitro benzene ring substituents is 1. The van der Waals surface area contributed by atoms with Crippen molar-refractivity contribution >= 4 is 23.1 Å². The van der Waals surface area contributed by atoms with Gasteiger partial charge in [0.1, 0.15) is 0 Å². The van der Waals surface area contributed by atoms with E-state index in [1.165, 1.54) is 0 Å². The molecule has 92 valence electrons. The Morgan fingerprint density at radius 1 is 1.41 bits per heavy atom. The number of ketones is 1. The average molecular weight is 268 g/mol. The van der Waals surface area contributed by atoms with Gasteiger partial charge in [0.05, 0.1) is 15.5 Å². The summed E-state index contributed by atoms with van der Waals surface area (Å²) >= 11 is 5.45. The first-order chi connectivity index (χ1) is 7.64. The molecule has 17 heavy (non-hydrogen) atoms. The average Bonchev–Trinajstić information content (AvgIpc) is 2.14. The summed E-state index contributed by atoms with van der Waals surface area (Å²) in [5.41, 5.74) is -2.97. The largest absolute Gasteiger partial charge is 0.417 e. The second-order valence-corrected chi connectivity index (χ2v) is 3.57. The lowest BCUT2D eigenvalue weighted by Crippen LogP contribution is -2.13. The van der Waals surface area contributed by atoms with Gasteiger partial charge in [0.15, 0.2) is 5.78 Å². The molecule has 1 aromatic carbocycles. The molecular weight excluding hydrogens is 263 g/mol. The summed E-state index contributed by atoms with van der Waals surface area (Å²) in [5.74, 6) is -0.905. The van der Waals surface area contributed by atoms with E-state index in [2.05, 4.69) is 0 Å². The maximum atomic E-state index is 12.6. The van der Waals surface area contributed by atoms with Gasteiger partial charge < -0.3 is 0 Å². The van der Waals surface area contributed by atoms with E-state index in [1.54, 1.807) is 0 Å². The van der Waals surface area contributed by atoms with Crippen LogP contribution in [0.15, 0.2) is 12.1 Å². The molecular formula is C9H5ClF3NO3. The van der Waals surface area contributed by atoms with E-state index >= 15 is 0 Å². The van der Waals surface area contributed by atoms with Gasteiger partial charge in [-0.25, -0.2) is 0 Å². The van der Waals surface area contributed by atoms with Crippen LogP contribution in [0.2, 0.25) is 5.02 Å². The Bertz CT molecular complexity index is 499. The summed E-state index contributed by atoms with van der Waals surface area (Å²) in [6, 6.07) is 1.01. The predicted molar refractivity (Wildman–Crippen MR) is 53.1 cm³/mol. The van der Waals surface area contributed by atoms with Crippen molar-refractivity contribution in [3.8, 4) is 0 Å². The Labute approximate surface area is 98.1 Å². The van der Waals surface area contributed by atoms with Crippen LogP contribution < -0.4 is 0 Å². The highest BCUT2D eigenvalue weighted by Gasteiger charge is 2.37. The number of carbonyl (C=O) groups excluding carboxylic acids is 1. The van der Waals surface area contributed by atoms with Crippen molar-refractivity contribution in [1.82, 2.24) is 0 Å². The molecule has 4 nitrogen and oxygen atoms in total. The first-order valence-corrected chi connectivity index (χ1v) is 4.58. The van der Waals surface area contributed by atoms with Crippen molar-refractivity contribution in [2.24, 2.45) is 0 Å². The van der Waals surface area contributed by atoms with Crippen LogP contribution in [0, 0.1) is 10.1 Å². The van der Waals surface area contributed by atoms with Crippen LogP contribution in [0.1, 0.15) is 22.8 Å². The van der Waals surface area contributed by atoms with Crippen molar-refractivity contribution in [1.29, 1.82) is 0 Å². The minimum atomic E-state index is -4.88. The number of nitro groups is 1. The van der Waals surface area contributed by atoms with Crippen molar-refractivity contribution in [2.45, 2.75) is 13.1 Å². The first kappa shape index (κ1) is 13.4. The number of carbonyl (C=O) groups is 1. The van der Waals surface area contributed by atoms with Crippen LogP contribution in [0.5, 0.6) is 0 Å². The summed E-state index contributed by atoms with van der Waals surface area (Å²) in [7, 11) is 0. The van der Waals surface area contributed by atoms with Crippen molar-refractivity contribution in [3.63, 3.8) is 0 Å². The molecule has 0 aromatic heterocycles. The van der Waals surface area contributed by atoms with Gasteiger partial charge in [-0.05, 0) is 6.92 Å². The fourth-order valence-corrected chi connectivity index (χ4v) is 1.63. The van der Waals surface area contributed by atoms with Gasteiger partial charge in [-0.1, -0.05) is 11.6 Å². The van der Waals surface area contributed by atoms with E-state index in [-0.39, 0.29) is 0 Å². The molecule has 0 bridgehead atoms. The number of benzene rings is 1. The zero-order valence-corrected chi connectivity index (χ0v) is 9.09. The molecule has 8 heteroatoms. The molecule has 1 rings (SSSR count). The summed E-state index contributed by atoms with van der Waals surface area (Å²) in [6.07, 6.45) is -4.88. The van der Waals surface area contributed by atoms with E-state index < -0.39 is 38.7 Å². The lowest BCUT2D eigenvalue weighted by atomic mass is 10.0. The Morgan fingerprint density at radius 3 is 2.29 bits per heavy atom. The Balaban J connectivity index is 3.62. The molecule has 0 atom stereocenters. The second kappa shape index (κ2) is 4.33. The van der Waals surface area contributed by atoms with Crippen molar-refractivity contribution < 1.29 is 22.9 Å². The molecule has 0 aliphatic rings. The highest BCUT2D eigenvalue weighted by molar-refractivity contribution is 6.34.